The quantitative estimate of drug-likeness (QED) is 0.491. The molecule has 1 aliphatic heterocycles. The summed E-state index contributed by atoms with van der Waals surface area (Å²) in [5.41, 5.74) is 2.40. The van der Waals surface area contributed by atoms with Crippen molar-refractivity contribution in [2.24, 2.45) is 4.99 Å². The smallest absolute Gasteiger partial charge is 0.259 e. The van der Waals surface area contributed by atoms with E-state index in [2.05, 4.69) is 20.6 Å². The van der Waals surface area contributed by atoms with Gasteiger partial charge in [0.25, 0.3) is 11.8 Å². The van der Waals surface area contributed by atoms with Gasteiger partial charge in [0, 0.05) is 68.6 Å². The topological polar surface area (TPSA) is 109 Å². The SMILES string of the molecule is C/N=C\C(=C/NC)C1=C(c2cn(CCCO)c3ncccc23)C(=O)NC1=O. The fraction of sp³-hybridized carbons (Fsp3) is 0.263. The first-order chi connectivity index (χ1) is 13.1. The molecule has 1 aliphatic rings. The molecule has 8 heteroatoms. The number of pyridine rings is 1. The Morgan fingerprint density at radius 2 is 2.22 bits per heavy atom. The van der Waals surface area contributed by atoms with Crippen LogP contribution in [0.2, 0.25) is 0 Å². The van der Waals surface area contributed by atoms with Gasteiger partial charge < -0.3 is 15.0 Å². The Hall–Kier alpha value is -3.26. The Morgan fingerprint density at radius 3 is 2.93 bits per heavy atom. The molecule has 0 fully saturated rings. The zero-order chi connectivity index (χ0) is 19.4. The van der Waals surface area contributed by atoms with Crippen LogP contribution in [0.4, 0.5) is 0 Å². The van der Waals surface area contributed by atoms with Crippen LogP contribution in [0, 0.1) is 0 Å². The van der Waals surface area contributed by atoms with E-state index >= 15 is 0 Å². The van der Waals surface area contributed by atoms with Crippen molar-refractivity contribution in [3.63, 3.8) is 0 Å². The van der Waals surface area contributed by atoms with Crippen LogP contribution in [-0.2, 0) is 16.1 Å². The van der Waals surface area contributed by atoms with Crippen LogP contribution in [-0.4, -0.2) is 53.4 Å². The Morgan fingerprint density at radius 1 is 1.41 bits per heavy atom. The summed E-state index contributed by atoms with van der Waals surface area (Å²) in [4.78, 5) is 33.5. The fourth-order valence-corrected chi connectivity index (χ4v) is 3.19. The number of hydrogen-bond acceptors (Lipinski definition) is 6. The third-order valence-corrected chi connectivity index (χ3v) is 4.25. The lowest BCUT2D eigenvalue weighted by Crippen LogP contribution is -2.23. The lowest BCUT2D eigenvalue weighted by Gasteiger charge is -2.04. The average Bonchev–Trinajstić information content (AvgIpc) is 3.16. The number of aromatic nitrogens is 2. The van der Waals surface area contributed by atoms with Crippen molar-refractivity contribution >= 4 is 34.6 Å². The maximum absolute atomic E-state index is 12.6. The van der Waals surface area contributed by atoms with Gasteiger partial charge in [0.1, 0.15) is 5.65 Å². The molecule has 0 atom stereocenters. The highest BCUT2D eigenvalue weighted by molar-refractivity contribution is 6.40. The normalized spacial score (nSPS) is 15.3. The second-order valence-electron chi connectivity index (χ2n) is 6.00. The van der Waals surface area contributed by atoms with Crippen molar-refractivity contribution in [2.45, 2.75) is 13.0 Å². The van der Waals surface area contributed by atoms with Crippen LogP contribution in [0.15, 0.2) is 46.9 Å². The monoisotopic (exact) mass is 367 g/mol. The molecule has 0 bridgehead atoms. The molecule has 0 aliphatic carbocycles. The van der Waals surface area contributed by atoms with Gasteiger partial charge in [-0.3, -0.25) is 19.9 Å². The minimum atomic E-state index is -0.462. The van der Waals surface area contributed by atoms with Gasteiger partial charge in [-0.15, -0.1) is 0 Å². The molecule has 0 saturated heterocycles. The summed E-state index contributed by atoms with van der Waals surface area (Å²) >= 11 is 0. The number of hydrogen-bond donors (Lipinski definition) is 3. The molecule has 0 saturated carbocycles. The van der Waals surface area contributed by atoms with Crippen LogP contribution < -0.4 is 10.6 Å². The highest BCUT2D eigenvalue weighted by Crippen LogP contribution is 2.33. The molecule has 27 heavy (non-hydrogen) atoms. The van der Waals surface area contributed by atoms with Crippen molar-refractivity contribution in [2.75, 3.05) is 20.7 Å². The molecule has 3 N–H and O–H groups in total. The maximum atomic E-state index is 12.6. The highest BCUT2D eigenvalue weighted by Gasteiger charge is 2.34. The van der Waals surface area contributed by atoms with Gasteiger partial charge in [0.2, 0.25) is 0 Å². The molecular weight excluding hydrogens is 346 g/mol. The summed E-state index contributed by atoms with van der Waals surface area (Å²) in [7, 11) is 3.31. The number of aliphatic hydroxyl groups excluding tert-OH is 1. The Balaban J connectivity index is 2.27. The Kier molecular flexibility index (Phi) is 5.46. The van der Waals surface area contributed by atoms with E-state index in [-0.39, 0.29) is 12.2 Å². The minimum Gasteiger partial charge on any atom is -0.396 e. The third kappa shape index (κ3) is 3.39. The van der Waals surface area contributed by atoms with Crippen LogP contribution in [0.1, 0.15) is 12.0 Å². The number of imide groups is 1. The van der Waals surface area contributed by atoms with E-state index in [1.807, 2.05) is 10.6 Å². The van der Waals surface area contributed by atoms with E-state index in [1.54, 1.807) is 38.8 Å². The minimum absolute atomic E-state index is 0.0524. The average molecular weight is 367 g/mol. The standard InChI is InChI=1S/C19H21N5O3/c1-20-9-12(10-21-2)15-16(19(27)23-18(15)26)14-11-24(7-4-8-25)17-13(14)5-3-6-22-17/h3,5-6,9-11,20,25H,4,7-8H2,1-2H3,(H,23,26,27)/b12-9+,21-10-. The van der Waals surface area contributed by atoms with Gasteiger partial charge >= 0.3 is 0 Å². The van der Waals surface area contributed by atoms with E-state index in [1.165, 1.54) is 6.21 Å². The molecule has 2 aromatic rings. The summed E-state index contributed by atoms with van der Waals surface area (Å²) in [5.74, 6) is -0.914. The molecule has 0 spiro atoms. The van der Waals surface area contributed by atoms with Crippen molar-refractivity contribution in [1.29, 1.82) is 0 Å². The van der Waals surface area contributed by atoms with Crippen LogP contribution >= 0.6 is 0 Å². The highest BCUT2D eigenvalue weighted by atomic mass is 16.3. The molecular formula is C19H21N5O3. The third-order valence-electron chi connectivity index (χ3n) is 4.25. The lowest BCUT2D eigenvalue weighted by molar-refractivity contribution is -0.123. The molecule has 0 unspecified atom stereocenters. The van der Waals surface area contributed by atoms with Crippen LogP contribution in [0.25, 0.3) is 16.6 Å². The Bertz CT molecular complexity index is 984. The van der Waals surface area contributed by atoms with Gasteiger partial charge in [-0.1, -0.05) is 0 Å². The first-order valence-corrected chi connectivity index (χ1v) is 8.57. The number of fused-ring (bicyclic) bond motifs is 1. The zero-order valence-corrected chi connectivity index (χ0v) is 15.2. The maximum Gasteiger partial charge on any atom is 0.259 e. The van der Waals surface area contributed by atoms with Crippen molar-refractivity contribution in [3.8, 4) is 0 Å². The molecule has 3 heterocycles. The van der Waals surface area contributed by atoms with Crippen LogP contribution in [0.3, 0.4) is 0 Å². The van der Waals surface area contributed by atoms with Gasteiger partial charge in [-0.05, 0) is 18.6 Å². The number of amides is 2. The van der Waals surface area contributed by atoms with Crippen molar-refractivity contribution in [1.82, 2.24) is 20.2 Å². The molecule has 2 aromatic heterocycles. The second kappa shape index (κ2) is 7.96. The lowest BCUT2D eigenvalue weighted by atomic mass is 9.97. The number of rotatable bonds is 7. The Labute approximate surface area is 156 Å². The van der Waals surface area contributed by atoms with E-state index in [0.717, 1.165) is 5.39 Å². The van der Waals surface area contributed by atoms with Gasteiger partial charge in [0.05, 0.1) is 11.1 Å². The van der Waals surface area contributed by atoms with Gasteiger partial charge in [-0.2, -0.15) is 0 Å². The molecule has 3 rings (SSSR count). The molecule has 2 amide bonds. The number of carbonyl (C=O) groups excluding carboxylic acids is 2. The number of nitrogens with zero attached hydrogens (tertiary/aromatic N) is 3. The number of aryl methyl sites for hydroxylation is 1. The van der Waals surface area contributed by atoms with Gasteiger partial charge in [0.15, 0.2) is 0 Å². The largest absolute Gasteiger partial charge is 0.396 e. The van der Waals surface area contributed by atoms with E-state index in [9.17, 15) is 9.59 Å². The first kappa shape index (κ1) is 18.5. The summed E-state index contributed by atoms with van der Waals surface area (Å²) in [6.07, 6.45) is 7.20. The first-order valence-electron chi connectivity index (χ1n) is 8.57. The molecule has 0 radical (unpaired) electrons. The van der Waals surface area contributed by atoms with Crippen molar-refractivity contribution < 1.29 is 14.7 Å². The fourth-order valence-electron chi connectivity index (χ4n) is 3.19. The van der Waals surface area contributed by atoms with Crippen molar-refractivity contribution in [3.05, 3.63) is 47.4 Å². The number of aliphatic hydroxyl groups is 1. The number of aliphatic imine (C=N–C) groups is 1. The number of nitrogens with one attached hydrogen (secondary N) is 2. The van der Waals surface area contributed by atoms with E-state index in [0.29, 0.717) is 35.3 Å². The molecule has 140 valence electrons. The summed E-state index contributed by atoms with van der Waals surface area (Å²) in [5, 5.41) is 15.2. The predicted octanol–water partition coefficient (Wildman–Crippen LogP) is 0.633. The summed E-state index contributed by atoms with van der Waals surface area (Å²) in [6.45, 7) is 0.606. The van der Waals surface area contributed by atoms with E-state index in [4.69, 9.17) is 5.11 Å². The van der Waals surface area contributed by atoms with Gasteiger partial charge in [-0.25, -0.2) is 4.98 Å². The zero-order valence-electron chi connectivity index (χ0n) is 15.2. The number of carbonyl (C=O) groups is 2. The molecule has 8 nitrogen and oxygen atoms in total. The predicted molar refractivity (Wildman–Crippen MR) is 103 cm³/mol. The summed E-state index contributed by atoms with van der Waals surface area (Å²) in [6, 6.07) is 3.65. The summed E-state index contributed by atoms with van der Waals surface area (Å²) < 4.78 is 1.89. The second-order valence-corrected chi connectivity index (χ2v) is 6.00. The van der Waals surface area contributed by atoms with Crippen LogP contribution in [0.5, 0.6) is 0 Å². The molecule has 0 aromatic carbocycles. The van der Waals surface area contributed by atoms with E-state index < -0.39 is 11.8 Å².